The molecule has 3 aliphatic carbocycles. The van der Waals surface area contributed by atoms with Crippen LogP contribution in [-0.2, 0) is 29.6 Å². The Kier molecular flexibility index (Phi) is 5.72. The molecule has 1 saturated heterocycles. The van der Waals surface area contributed by atoms with Gasteiger partial charge in [0.05, 0.1) is 10.9 Å². The third kappa shape index (κ3) is 4.16. The van der Waals surface area contributed by atoms with Crippen LogP contribution < -0.4 is 10.0 Å². The minimum absolute atomic E-state index is 0.108. The second-order valence-electron chi connectivity index (χ2n) is 11.5. The number of amidine groups is 1. The van der Waals surface area contributed by atoms with Crippen LogP contribution in [0.3, 0.4) is 0 Å². The van der Waals surface area contributed by atoms with Gasteiger partial charge in [-0.05, 0) is 74.5 Å². The van der Waals surface area contributed by atoms with Crippen molar-refractivity contribution in [1.29, 1.82) is 0 Å². The number of ketones is 1. The number of carbonyl (C=O) groups excluding carboxylic acids is 2. The van der Waals surface area contributed by atoms with E-state index < -0.39 is 31.2 Å². The number of piperidine rings is 1. The van der Waals surface area contributed by atoms with E-state index in [1.165, 1.54) is 18.2 Å². The van der Waals surface area contributed by atoms with Crippen molar-refractivity contribution in [3.8, 4) is 0 Å². The van der Waals surface area contributed by atoms with Gasteiger partial charge in [-0.2, -0.15) is 8.42 Å². The van der Waals surface area contributed by atoms with Crippen LogP contribution in [-0.4, -0.2) is 57.1 Å². The number of rotatable bonds is 7. The van der Waals surface area contributed by atoms with Crippen LogP contribution in [0, 0.1) is 29.6 Å². The molecule has 2 unspecified atom stereocenters. The summed E-state index contributed by atoms with van der Waals surface area (Å²) < 4.78 is 57.4. The number of amides is 1. The van der Waals surface area contributed by atoms with E-state index in [2.05, 4.69) is 28.3 Å². The topological polar surface area (TPSA) is 142 Å². The van der Waals surface area contributed by atoms with Crippen molar-refractivity contribution in [1.82, 2.24) is 4.90 Å². The zero-order valence-electron chi connectivity index (χ0n) is 20.9. The highest BCUT2D eigenvalue weighted by Crippen LogP contribution is 2.54. The van der Waals surface area contributed by atoms with E-state index in [0.29, 0.717) is 31.2 Å². The number of nitrogens with one attached hydrogen (secondary N) is 2. The van der Waals surface area contributed by atoms with Gasteiger partial charge in [0.15, 0.2) is 11.7 Å². The lowest BCUT2D eigenvalue weighted by Gasteiger charge is -2.46. The molecule has 5 atom stereocenters. The number of hydrogen-bond acceptors (Lipinski definition) is 7. The second-order valence-corrected chi connectivity index (χ2v) is 15.1. The van der Waals surface area contributed by atoms with E-state index in [0.717, 1.165) is 25.7 Å². The van der Waals surface area contributed by atoms with Crippen molar-refractivity contribution in [2.75, 3.05) is 16.6 Å². The maximum Gasteiger partial charge on any atom is 0.286 e. The first-order valence-electron chi connectivity index (χ1n) is 13.1. The first-order chi connectivity index (χ1) is 17.5. The van der Waals surface area contributed by atoms with Crippen LogP contribution >= 0.6 is 0 Å². The number of hydrogen-bond donors (Lipinski definition) is 2. The lowest BCUT2D eigenvalue weighted by atomic mass is 9.73. The fourth-order valence-corrected chi connectivity index (χ4v) is 9.20. The molecular weight excluding hydrogens is 516 g/mol. The number of benzene rings is 1. The highest BCUT2D eigenvalue weighted by Gasteiger charge is 2.60. The normalized spacial score (nSPS) is 32.1. The van der Waals surface area contributed by atoms with Gasteiger partial charge in [-0.3, -0.25) is 14.3 Å². The van der Waals surface area contributed by atoms with Gasteiger partial charge in [0.1, 0.15) is 10.7 Å². The van der Waals surface area contributed by atoms with E-state index in [-0.39, 0.29) is 51.7 Å². The molecule has 1 amide bonds. The fourth-order valence-electron chi connectivity index (χ4n) is 6.64. The molecule has 1 aromatic rings. The number of likely N-dealkylation sites (tertiary alicyclic amines) is 1. The van der Waals surface area contributed by atoms with Crippen molar-refractivity contribution >= 4 is 48.9 Å². The Balaban J connectivity index is 1.32. The number of Topliss-reactive ketones (excluding diaryl/α,β-unsaturated/α-hetero) is 1. The first-order valence-corrected chi connectivity index (χ1v) is 16.1. The van der Waals surface area contributed by atoms with Crippen molar-refractivity contribution in [2.45, 2.75) is 68.6 Å². The number of anilines is 2. The molecule has 2 heterocycles. The molecule has 3 saturated carbocycles. The van der Waals surface area contributed by atoms with Gasteiger partial charge in [0.25, 0.3) is 10.0 Å². The summed E-state index contributed by atoms with van der Waals surface area (Å²) in [6.07, 6.45) is 4.86. The van der Waals surface area contributed by atoms with Gasteiger partial charge in [-0.15, -0.1) is 4.40 Å². The molecule has 10 nitrogen and oxygen atoms in total. The summed E-state index contributed by atoms with van der Waals surface area (Å²) in [7, 11) is -7.85. The standard InChI is InChI=1S/C25H32N4O6S2/c1-13(2)9-10-29-22-15-4-3-14(11-15)20(22)23(30)21(25(29)31)24-26-18-8-5-16(12-19(18)37(34,35)28-24)27-36(32,33)17-6-7-17/h5,8,12-15,17,20-22,27H,3-4,6-7,9-11H2,1-2H3,(H,26,28)/t14-,15+,20?,21?,22-/m0/s1. The van der Waals surface area contributed by atoms with Crippen molar-refractivity contribution in [3.05, 3.63) is 18.2 Å². The summed E-state index contributed by atoms with van der Waals surface area (Å²) in [4.78, 5) is 29.2. The molecule has 2 N–H and O–H groups in total. The van der Waals surface area contributed by atoms with Gasteiger partial charge in [0.2, 0.25) is 15.9 Å². The molecule has 0 spiro atoms. The molecular formula is C25H32N4O6S2. The Hall–Kier alpha value is -2.47. The molecule has 4 fully saturated rings. The highest BCUT2D eigenvalue weighted by molar-refractivity contribution is 7.93. The maximum atomic E-state index is 13.8. The van der Waals surface area contributed by atoms with E-state index in [1.54, 1.807) is 0 Å². The third-order valence-corrected chi connectivity index (χ3v) is 11.8. The van der Waals surface area contributed by atoms with Crippen LogP contribution in [0.2, 0.25) is 0 Å². The van der Waals surface area contributed by atoms with Crippen molar-refractivity contribution in [3.63, 3.8) is 0 Å². The molecule has 6 rings (SSSR count). The Labute approximate surface area is 217 Å². The summed E-state index contributed by atoms with van der Waals surface area (Å²) >= 11 is 0. The van der Waals surface area contributed by atoms with Crippen LogP contribution in [0.5, 0.6) is 0 Å². The van der Waals surface area contributed by atoms with Crippen LogP contribution in [0.1, 0.15) is 52.4 Å². The molecule has 200 valence electrons. The molecule has 0 radical (unpaired) electrons. The lowest BCUT2D eigenvalue weighted by molar-refractivity contribution is -0.152. The zero-order chi connectivity index (χ0) is 26.3. The molecule has 2 bridgehead atoms. The predicted molar refractivity (Wildman–Crippen MR) is 138 cm³/mol. The molecule has 2 aliphatic heterocycles. The number of fused-ring (bicyclic) bond motifs is 6. The lowest BCUT2D eigenvalue weighted by Crippen LogP contribution is -2.62. The molecule has 0 aromatic heterocycles. The monoisotopic (exact) mass is 548 g/mol. The average molecular weight is 549 g/mol. The van der Waals surface area contributed by atoms with Crippen molar-refractivity contribution in [2.24, 2.45) is 34.0 Å². The van der Waals surface area contributed by atoms with Gasteiger partial charge in [-0.25, -0.2) is 8.42 Å². The molecule has 5 aliphatic rings. The van der Waals surface area contributed by atoms with E-state index in [4.69, 9.17) is 0 Å². The van der Waals surface area contributed by atoms with E-state index >= 15 is 0 Å². The van der Waals surface area contributed by atoms with E-state index in [9.17, 15) is 26.4 Å². The van der Waals surface area contributed by atoms with Crippen LogP contribution in [0.25, 0.3) is 0 Å². The maximum absolute atomic E-state index is 13.8. The predicted octanol–water partition coefficient (Wildman–Crippen LogP) is 2.59. The molecule has 12 heteroatoms. The van der Waals surface area contributed by atoms with Gasteiger partial charge in [-0.1, -0.05) is 13.8 Å². The fraction of sp³-hybridized carbons (Fsp3) is 0.640. The number of sulfonamides is 2. The van der Waals surface area contributed by atoms with Crippen LogP contribution in [0.15, 0.2) is 27.5 Å². The molecule has 37 heavy (non-hydrogen) atoms. The minimum atomic E-state index is -4.28. The minimum Gasteiger partial charge on any atom is -0.341 e. The molecule has 1 aromatic carbocycles. The van der Waals surface area contributed by atoms with Gasteiger partial charge in [0, 0.05) is 24.2 Å². The zero-order valence-corrected chi connectivity index (χ0v) is 22.5. The van der Waals surface area contributed by atoms with Gasteiger partial charge < -0.3 is 10.2 Å². The summed E-state index contributed by atoms with van der Waals surface area (Å²) in [5.74, 6) is -1.44. The first kappa shape index (κ1) is 24.8. The Morgan fingerprint density at radius 3 is 2.57 bits per heavy atom. The summed E-state index contributed by atoms with van der Waals surface area (Å²) in [5.41, 5.74) is 0.299. The number of nitrogens with zero attached hydrogens (tertiary/aromatic N) is 2. The summed E-state index contributed by atoms with van der Waals surface area (Å²) in [5, 5.41) is 2.48. The summed E-state index contributed by atoms with van der Waals surface area (Å²) in [6, 6.07) is 4.03. The SMILES string of the molecule is CC(C)CCN1C(=O)C(C2=NS(=O)(=O)c3cc(NS(=O)(=O)C4CC4)ccc3N2)C(=O)C2[C@H]3CC[C@H](C3)[C@@H]21. The van der Waals surface area contributed by atoms with Crippen molar-refractivity contribution < 1.29 is 26.4 Å². The highest BCUT2D eigenvalue weighted by atomic mass is 32.2. The smallest absolute Gasteiger partial charge is 0.286 e. The quantitative estimate of drug-likeness (QED) is 0.499. The number of carbonyl (C=O) groups is 2. The average Bonchev–Trinajstić information content (AvgIpc) is 3.49. The van der Waals surface area contributed by atoms with Gasteiger partial charge >= 0.3 is 0 Å². The van der Waals surface area contributed by atoms with E-state index in [1.807, 2.05) is 4.90 Å². The Bertz CT molecular complexity index is 1420. The Morgan fingerprint density at radius 2 is 1.86 bits per heavy atom. The largest absolute Gasteiger partial charge is 0.341 e. The Morgan fingerprint density at radius 1 is 1.14 bits per heavy atom. The third-order valence-electron chi connectivity index (χ3n) is 8.56. The second kappa shape index (κ2) is 8.52. The summed E-state index contributed by atoms with van der Waals surface area (Å²) in [6.45, 7) is 4.71. The van der Waals surface area contributed by atoms with Crippen LogP contribution in [0.4, 0.5) is 11.4 Å².